The molecule has 0 saturated heterocycles. The monoisotopic (exact) mass is 429 g/mol. The van der Waals surface area contributed by atoms with Gasteiger partial charge in [0.1, 0.15) is 0 Å². The van der Waals surface area contributed by atoms with E-state index in [9.17, 15) is 0 Å². The first kappa shape index (κ1) is 22.1. The molecule has 0 atom stereocenters. The van der Waals surface area contributed by atoms with Crippen LogP contribution in [0.15, 0.2) is 115 Å². The van der Waals surface area contributed by atoms with Gasteiger partial charge in [-0.1, -0.05) is 115 Å². The predicted molar refractivity (Wildman–Crippen MR) is 138 cm³/mol. The van der Waals surface area contributed by atoms with Crippen LogP contribution in [0, 0.1) is 0 Å². The smallest absolute Gasteiger partial charge is 0.164 e. The summed E-state index contributed by atoms with van der Waals surface area (Å²) in [6.07, 6.45) is 8.45. The molecule has 0 fully saturated rings. The molecule has 0 spiro atoms. The average Bonchev–Trinajstić information content (AvgIpc) is 2.87. The van der Waals surface area contributed by atoms with Gasteiger partial charge in [0.15, 0.2) is 17.5 Å². The Labute approximate surface area is 195 Å². The Morgan fingerprint density at radius 2 is 1.06 bits per heavy atom. The molecule has 0 unspecified atom stereocenters. The van der Waals surface area contributed by atoms with E-state index in [1.807, 2.05) is 60.7 Å². The van der Waals surface area contributed by atoms with E-state index in [1.165, 1.54) is 11.1 Å². The van der Waals surface area contributed by atoms with Gasteiger partial charge in [0.25, 0.3) is 0 Å². The second-order valence-corrected chi connectivity index (χ2v) is 7.96. The van der Waals surface area contributed by atoms with Gasteiger partial charge in [-0.2, -0.15) is 0 Å². The lowest BCUT2D eigenvalue weighted by molar-refractivity contribution is 1.07. The lowest BCUT2D eigenvalue weighted by Crippen LogP contribution is -2.00. The number of aromatic nitrogens is 3. The van der Waals surface area contributed by atoms with Crippen LogP contribution in [-0.2, 0) is 0 Å². The summed E-state index contributed by atoms with van der Waals surface area (Å²) in [5.74, 6) is 2.00. The van der Waals surface area contributed by atoms with Crippen LogP contribution in [0.1, 0.15) is 26.3 Å². The van der Waals surface area contributed by atoms with E-state index in [2.05, 4.69) is 69.3 Å². The minimum atomic E-state index is 0.663. The Kier molecular flexibility index (Phi) is 7.01. The van der Waals surface area contributed by atoms with E-state index < -0.39 is 0 Å². The van der Waals surface area contributed by atoms with Gasteiger partial charge in [0.05, 0.1) is 0 Å². The Morgan fingerprint density at radius 1 is 0.606 bits per heavy atom. The number of nitrogens with zero attached hydrogens (tertiary/aromatic N) is 3. The summed E-state index contributed by atoms with van der Waals surface area (Å²) in [6.45, 7) is 6.24. The summed E-state index contributed by atoms with van der Waals surface area (Å²) < 4.78 is 0. The fraction of sp³-hybridized carbons (Fsp3) is 0.100. The molecule has 0 saturated carbocycles. The molecule has 0 aliphatic rings. The van der Waals surface area contributed by atoms with Gasteiger partial charge < -0.3 is 0 Å². The zero-order chi connectivity index (χ0) is 23.0. The fourth-order valence-electron chi connectivity index (χ4n) is 3.45. The summed E-state index contributed by atoms with van der Waals surface area (Å²) in [7, 11) is 0. The molecule has 4 aromatic rings. The Balaban J connectivity index is 1.74. The molecule has 0 aliphatic carbocycles. The van der Waals surface area contributed by atoms with E-state index in [1.54, 1.807) is 0 Å². The van der Waals surface area contributed by atoms with Crippen LogP contribution in [0.3, 0.4) is 0 Å². The van der Waals surface area contributed by atoms with E-state index >= 15 is 0 Å². The van der Waals surface area contributed by atoms with Crippen molar-refractivity contribution in [2.75, 3.05) is 0 Å². The highest BCUT2D eigenvalue weighted by molar-refractivity contribution is 5.76. The predicted octanol–water partition coefficient (Wildman–Crippen LogP) is 7.80. The number of hydrogen-bond donors (Lipinski definition) is 0. The van der Waals surface area contributed by atoms with Crippen molar-refractivity contribution in [3.63, 3.8) is 0 Å². The van der Waals surface area contributed by atoms with Crippen molar-refractivity contribution in [2.24, 2.45) is 0 Å². The third-order valence-corrected chi connectivity index (χ3v) is 5.19. The molecule has 162 valence electrons. The molecule has 4 rings (SSSR count). The summed E-state index contributed by atoms with van der Waals surface area (Å²) in [5.41, 5.74) is 6.49. The number of hydrogen-bond acceptors (Lipinski definition) is 3. The van der Waals surface area contributed by atoms with Gasteiger partial charge in [-0.15, -0.1) is 0 Å². The molecule has 3 aromatic carbocycles. The maximum absolute atomic E-state index is 4.80. The Bertz CT molecular complexity index is 1240. The van der Waals surface area contributed by atoms with Gasteiger partial charge in [0.2, 0.25) is 0 Å². The molecule has 3 heteroatoms. The first-order chi connectivity index (χ1) is 16.1. The van der Waals surface area contributed by atoms with E-state index in [-0.39, 0.29) is 0 Å². The molecule has 0 amide bonds. The highest BCUT2D eigenvalue weighted by atomic mass is 15.0. The van der Waals surface area contributed by atoms with Crippen LogP contribution >= 0.6 is 0 Å². The van der Waals surface area contributed by atoms with Crippen molar-refractivity contribution in [3.8, 4) is 34.2 Å². The molecule has 0 aliphatic heterocycles. The molecule has 1 aromatic heterocycles. The summed E-state index contributed by atoms with van der Waals surface area (Å²) >= 11 is 0. The third kappa shape index (κ3) is 5.58. The second kappa shape index (κ2) is 10.5. The third-order valence-electron chi connectivity index (χ3n) is 5.19. The van der Waals surface area contributed by atoms with Crippen LogP contribution < -0.4 is 0 Å². The highest BCUT2D eigenvalue weighted by Gasteiger charge is 2.12. The lowest BCUT2D eigenvalue weighted by atomic mass is 10.0. The van der Waals surface area contributed by atoms with E-state index in [4.69, 9.17) is 15.0 Å². The van der Waals surface area contributed by atoms with Crippen molar-refractivity contribution in [1.29, 1.82) is 0 Å². The second-order valence-electron chi connectivity index (χ2n) is 7.96. The molecule has 0 bridgehead atoms. The van der Waals surface area contributed by atoms with Gasteiger partial charge in [-0.25, -0.2) is 15.0 Å². The molecular formula is C30H27N3. The summed E-state index contributed by atoms with van der Waals surface area (Å²) in [4.78, 5) is 14.4. The highest BCUT2D eigenvalue weighted by Crippen LogP contribution is 2.26. The first-order valence-corrected chi connectivity index (χ1v) is 11.1. The zero-order valence-electron chi connectivity index (χ0n) is 19.2. The van der Waals surface area contributed by atoms with Crippen LogP contribution in [0.5, 0.6) is 0 Å². The van der Waals surface area contributed by atoms with Crippen LogP contribution in [0.2, 0.25) is 0 Å². The molecule has 1 heterocycles. The molecular weight excluding hydrogens is 402 g/mol. The largest absolute Gasteiger partial charge is 0.208 e. The van der Waals surface area contributed by atoms with Crippen molar-refractivity contribution in [3.05, 3.63) is 120 Å². The minimum absolute atomic E-state index is 0.663. The average molecular weight is 430 g/mol. The quantitative estimate of drug-likeness (QED) is 0.294. The van der Waals surface area contributed by atoms with Crippen molar-refractivity contribution in [1.82, 2.24) is 15.0 Å². The fourth-order valence-corrected chi connectivity index (χ4v) is 3.45. The van der Waals surface area contributed by atoms with Gasteiger partial charge >= 0.3 is 0 Å². The van der Waals surface area contributed by atoms with Crippen molar-refractivity contribution in [2.45, 2.75) is 20.8 Å². The maximum atomic E-state index is 4.80. The van der Waals surface area contributed by atoms with Gasteiger partial charge in [-0.3, -0.25) is 0 Å². The summed E-state index contributed by atoms with van der Waals surface area (Å²) in [6, 6.07) is 28.4. The summed E-state index contributed by atoms with van der Waals surface area (Å²) in [5, 5.41) is 0. The lowest BCUT2D eigenvalue weighted by Gasteiger charge is -2.09. The van der Waals surface area contributed by atoms with Gasteiger partial charge in [0, 0.05) is 16.7 Å². The topological polar surface area (TPSA) is 38.7 Å². The zero-order valence-corrected chi connectivity index (χ0v) is 19.2. The van der Waals surface area contributed by atoms with Gasteiger partial charge in [-0.05, 0) is 31.9 Å². The van der Waals surface area contributed by atoms with Crippen LogP contribution in [0.25, 0.3) is 39.7 Å². The molecule has 3 nitrogen and oxygen atoms in total. The SMILES string of the molecule is C/C=C(\C=C/C=C(C)C)c1ccc(-c2nc(-c3ccccc3)nc(-c3ccccc3)n2)cc1. The Hall–Kier alpha value is -4.11. The standard InChI is InChI=1S/C30H27N3/c1-4-23(17-11-12-22(2)3)24-18-20-27(21-19-24)30-32-28(25-13-7-5-8-14-25)31-29(33-30)26-15-9-6-10-16-26/h4-21H,1-3H3/b17-11-,23-4+. The van der Waals surface area contributed by atoms with Crippen LogP contribution in [-0.4, -0.2) is 15.0 Å². The van der Waals surface area contributed by atoms with Crippen LogP contribution in [0.4, 0.5) is 0 Å². The minimum Gasteiger partial charge on any atom is -0.208 e. The number of rotatable bonds is 6. The number of allylic oxidation sites excluding steroid dienone is 6. The first-order valence-electron chi connectivity index (χ1n) is 11.1. The van der Waals surface area contributed by atoms with E-state index in [0.717, 1.165) is 22.3 Å². The maximum Gasteiger partial charge on any atom is 0.164 e. The number of benzene rings is 3. The van der Waals surface area contributed by atoms with Crippen molar-refractivity contribution >= 4 is 5.57 Å². The molecule has 33 heavy (non-hydrogen) atoms. The molecule has 0 N–H and O–H groups in total. The molecule has 0 radical (unpaired) electrons. The van der Waals surface area contributed by atoms with Crippen molar-refractivity contribution < 1.29 is 0 Å². The Morgan fingerprint density at radius 3 is 1.48 bits per heavy atom. The van der Waals surface area contributed by atoms with E-state index in [0.29, 0.717) is 17.5 Å². The normalized spacial score (nSPS) is 11.5.